The van der Waals surface area contributed by atoms with E-state index in [1.807, 2.05) is 18.2 Å². The van der Waals surface area contributed by atoms with Crippen molar-refractivity contribution in [3.63, 3.8) is 0 Å². The van der Waals surface area contributed by atoms with E-state index in [9.17, 15) is 4.79 Å². The first-order valence-corrected chi connectivity index (χ1v) is 6.14. The molecule has 0 heterocycles. The molecule has 0 unspecified atom stereocenters. The summed E-state index contributed by atoms with van der Waals surface area (Å²) in [7, 11) is 0. The van der Waals surface area contributed by atoms with Crippen LogP contribution in [0.1, 0.15) is 57.0 Å². The van der Waals surface area contributed by atoms with Crippen molar-refractivity contribution in [1.29, 1.82) is 0 Å². The Morgan fingerprint density at radius 1 is 1.29 bits per heavy atom. The Morgan fingerprint density at radius 3 is 2.41 bits per heavy atom. The lowest BCUT2D eigenvalue weighted by Crippen LogP contribution is -2.12. The standard InChI is InChI=1S/C15H22O2/c1-6-9-17-14-10-12(15(3,4)5)7-8-13(14)11(2)16/h7-8,10H,6,9H2,1-5H3. The molecule has 0 aliphatic rings. The maximum absolute atomic E-state index is 11.5. The molecule has 0 spiro atoms. The fourth-order valence-corrected chi connectivity index (χ4v) is 1.61. The highest BCUT2D eigenvalue weighted by atomic mass is 16.5. The molecule has 2 nitrogen and oxygen atoms in total. The second-order valence-corrected chi connectivity index (χ2v) is 5.37. The highest BCUT2D eigenvalue weighted by Crippen LogP contribution is 2.29. The van der Waals surface area contributed by atoms with Crippen LogP contribution < -0.4 is 4.74 Å². The van der Waals surface area contributed by atoms with Gasteiger partial charge in [-0.05, 0) is 36.5 Å². The van der Waals surface area contributed by atoms with E-state index in [1.54, 1.807) is 6.92 Å². The van der Waals surface area contributed by atoms with Gasteiger partial charge in [-0.25, -0.2) is 0 Å². The number of ether oxygens (including phenoxy) is 1. The van der Waals surface area contributed by atoms with E-state index >= 15 is 0 Å². The highest BCUT2D eigenvalue weighted by molar-refractivity contribution is 5.96. The van der Waals surface area contributed by atoms with E-state index in [4.69, 9.17) is 4.74 Å². The number of hydrogen-bond acceptors (Lipinski definition) is 2. The lowest BCUT2D eigenvalue weighted by Gasteiger charge is -2.21. The van der Waals surface area contributed by atoms with Crippen LogP contribution in [0.4, 0.5) is 0 Å². The van der Waals surface area contributed by atoms with Crippen molar-refractivity contribution in [3.8, 4) is 5.75 Å². The maximum atomic E-state index is 11.5. The third-order valence-electron chi connectivity index (χ3n) is 2.69. The van der Waals surface area contributed by atoms with Crippen LogP contribution in [-0.4, -0.2) is 12.4 Å². The Morgan fingerprint density at radius 2 is 1.94 bits per heavy atom. The fourth-order valence-electron chi connectivity index (χ4n) is 1.61. The summed E-state index contributed by atoms with van der Waals surface area (Å²) in [6.07, 6.45) is 0.942. The van der Waals surface area contributed by atoms with Crippen LogP contribution in [0, 0.1) is 0 Å². The molecule has 0 fully saturated rings. The molecule has 1 aromatic carbocycles. The van der Waals surface area contributed by atoms with Crippen molar-refractivity contribution < 1.29 is 9.53 Å². The minimum atomic E-state index is 0.0524. The summed E-state index contributed by atoms with van der Waals surface area (Å²) in [5.41, 5.74) is 1.93. The molecule has 0 aliphatic carbocycles. The van der Waals surface area contributed by atoms with Crippen LogP contribution in [-0.2, 0) is 5.41 Å². The van der Waals surface area contributed by atoms with Gasteiger partial charge in [-0.1, -0.05) is 33.8 Å². The van der Waals surface area contributed by atoms with Gasteiger partial charge in [0.05, 0.1) is 12.2 Å². The van der Waals surface area contributed by atoms with Gasteiger partial charge in [0, 0.05) is 0 Å². The number of Topliss-reactive ketones (excluding diaryl/α,β-unsaturated/α-hetero) is 1. The molecule has 94 valence electrons. The smallest absolute Gasteiger partial charge is 0.163 e. The zero-order valence-electron chi connectivity index (χ0n) is 11.5. The molecule has 0 aromatic heterocycles. The summed E-state index contributed by atoms with van der Waals surface area (Å²) in [5, 5.41) is 0. The van der Waals surface area contributed by atoms with Gasteiger partial charge in [-0.15, -0.1) is 0 Å². The SMILES string of the molecule is CCCOc1cc(C(C)(C)C)ccc1C(C)=O. The second kappa shape index (κ2) is 5.35. The van der Waals surface area contributed by atoms with E-state index in [1.165, 1.54) is 5.56 Å². The Kier molecular flexibility index (Phi) is 4.33. The molecule has 0 amide bonds. The minimum Gasteiger partial charge on any atom is -0.493 e. The highest BCUT2D eigenvalue weighted by Gasteiger charge is 2.17. The molecule has 0 N–H and O–H groups in total. The average Bonchev–Trinajstić information content (AvgIpc) is 2.24. The summed E-state index contributed by atoms with van der Waals surface area (Å²) in [6.45, 7) is 10.7. The third kappa shape index (κ3) is 3.58. The average molecular weight is 234 g/mol. The molecular weight excluding hydrogens is 212 g/mol. The van der Waals surface area contributed by atoms with Gasteiger partial charge in [-0.3, -0.25) is 4.79 Å². The largest absolute Gasteiger partial charge is 0.493 e. The van der Waals surface area contributed by atoms with Gasteiger partial charge in [0.2, 0.25) is 0 Å². The minimum absolute atomic E-state index is 0.0524. The molecule has 1 aromatic rings. The first-order valence-electron chi connectivity index (χ1n) is 6.14. The van der Waals surface area contributed by atoms with Gasteiger partial charge in [0.15, 0.2) is 5.78 Å². The quantitative estimate of drug-likeness (QED) is 0.737. The van der Waals surface area contributed by atoms with Crippen LogP contribution in [0.2, 0.25) is 0 Å². The molecule has 0 radical (unpaired) electrons. The van der Waals surface area contributed by atoms with E-state index in [-0.39, 0.29) is 11.2 Å². The van der Waals surface area contributed by atoms with E-state index < -0.39 is 0 Å². The predicted molar refractivity (Wildman–Crippen MR) is 70.9 cm³/mol. The molecule has 17 heavy (non-hydrogen) atoms. The van der Waals surface area contributed by atoms with Crippen LogP contribution in [0.5, 0.6) is 5.75 Å². The molecule has 0 aliphatic heterocycles. The monoisotopic (exact) mass is 234 g/mol. The van der Waals surface area contributed by atoms with Gasteiger partial charge in [0.25, 0.3) is 0 Å². The van der Waals surface area contributed by atoms with E-state index in [0.29, 0.717) is 17.9 Å². The third-order valence-corrected chi connectivity index (χ3v) is 2.69. The second-order valence-electron chi connectivity index (χ2n) is 5.37. The molecule has 1 rings (SSSR count). The lowest BCUT2D eigenvalue weighted by atomic mass is 9.86. The topological polar surface area (TPSA) is 26.3 Å². The van der Waals surface area contributed by atoms with Crippen molar-refractivity contribution in [1.82, 2.24) is 0 Å². The zero-order chi connectivity index (χ0) is 13.1. The van der Waals surface area contributed by atoms with Crippen LogP contribution in [0.15, 0.2) is 18.2 Å². The molecule has 0 saturated heterocycles. The van der Waals surface area contributed by atoms with E-state index in [2.05, 4.69) is 27.7 Å². The molecule has 0 bridgehead atoms. The van der Waals surface area contributed by atoms with E-state index in [0.717, 1.165) is 6.42 Å². The molecule has 0 saturated carbocycles. The molecular formula is C15H22O2. The maximum Gasteiger partial charge on any atom is 0.163 e. The Balaban J connectivity index is 3.14. The summed E-state index contributed by atoms with van der Waals surface area (Å²) in [4.78, 5) is 11.5. The Hall–Kier alpha value is -1.31. The van der Waals surface area contributed by atoms with Crippen molar-refractivity contribution >= 4 is 5.78 Å². The predicted octanol–water partition coefficient (Wildman–Crippen LogP) is 3.98. The van der Waals surface area contributed by atoms with Gasteiger partial charge >= 0.3 is 0 Å². The van der Waals surface area contributed by atoms with Crippen LogP contribution in [0.25, 0.3) is 0 Å². The first kappa shape index (κ1) is 13.8. The van der Waals surface area contributed by atoms with Crippen LogP contribution in [0.3, 0.4) is 0 Å². The first-order chi connectivity index (χ1) is 7.86. The van der Waals surface area contributed by atoms with Gasteiger partial charge < -0.3 is 4.74 Å². The summed E-state index contributed by atoms with van der Waals surface area (Å²) < 4.78 is 5.66. The lowest BCUT2D eigenvalue weighted by molar-refractivity contribution is 0.101. The fraction of sp³-hybridized carbons (Fsp3) is 0.533. The zero-order valence-corrected chi connectivity index (χ0v) is 11.5. The number of carbonyl (C=O) groups excluding carboxylic acids is 1. The Labute approximate surface area is 104 Å². The van der Waals surface area contributed by atoms with Crippen LogP contribution >= 0.6 is 0 Å². The normalized spacial score (nSPS) is 11.4. The molecule has 2 heteroatoms. The number of ketones is 1. The molecule has 0 atom stereocenters. The van der Waals surface area contributed by atoms with Crippen molar-refractivity contribution in [3.05, 3.63) is 29.3 Å². The number of benzene rings is 1. The van der Waals surface area contributed by atoms with Crippen molar-refractivity contribution in [2.24, 2.45) is 0 Å². The number of rotatable bonds is 4. The summed E-state index contributed by atoms with van der Waals surface area (Å²) >= 11 is 0. The summed E-state index contributed by atoms with van der Waals surface area (Å²) in [6, 6.07) is 5.87. The summed E-state index contributed by atoms with van der Waals surface area (Å²) in [5.74, 6) is 0.767. The van der Waals surface area contributed by atoms with Crippen molar-refractivity contribution in [2.75, 3.05) is 6.61 Å². The van der Waals surface area contributed by atoms with Crippen molar-refractivity contribution in [2.45, 2.75) is 46.5 Å². The van der Waals surface area contributed by atoms with Gasteiger partial charge in [-0.2, -0.15) is 0 Å². The number of carbonyl (C=O) groups is 1. The van der Waals surface area contributed by atoms with Gasteiger partial charge in [0.1, 0.15) is 5.75 Å². The Bertz CT molecular complexity index is 400. The number of hydrogen-bond donors (Lipinski definition) is 0.